The summed E-state index contributed by atoms with van der Waals surface area (Å²) in [5.41, 5.74) is 3.39. The van der Waals surface area contributed by atoms with Gasteiger partial charge < -0.3 is 10.3 Å². The second-order valence-electron chi connectivity index (χ2n) is 6.03. The topological polar surface area (TPSA) is 57.8 Å². The Bertz CT molecular complexity index is 985. The van der Waals surface area contributed by atoms with Crippen molar-refractivity contribution in [1.82, 2.24) is 15.3 Å². The molecule has 4 nitrogen and oxygen atoms in total. The van der Waals surface area contributed by atoms with Crippen molar-refractivity contribution in [2.75, 3.05) is 6.54 Å². The molecule has 0 aliphatic heterocycles. The number of aromatic nitrogens is 2. The van der Waals surface area contributed by atoms with E-state index < -0.39 is 0 Å². The van der Waals surface area contributed by atoms with Crippen LogP contribution >= 0.6 is 11.3 Å². The largest absolute Gasteiger partial charge is 0.361 e. The third-order valence-corrected chi connectivity index (χ3v) is 5.39. The molecule has 0 saturated carbocycles. The number of thiazole rings is 1. The van der Waals surface area contributed by atoms with Gasteiger partial charge in [0, 0.05) is 36.5 Å². The summed E-state index contributed by atoms with van der Waals surface area (Å²) >= 11 is 1.67. The van der Waals surface area contributed by atoms with Crippen molar-refractivity contribution in [3.8, 4) is 0 Å². The fourth-order valence-corrected chi connectivity index (χ4v) is 3.98. The minimum atomic E-state index is 0.0825. The van der Waals surface area contributed by atoms with Crippen LogP contribution in [0.5, 0.6) is 0 Å². The Hall–Kier alpha value is -2.66. The number of rotatable bonds is 6. The Kier molecular flexibility index (Phi) is 4.48. The highest BCUT2D eigenvalue weighted by atomic mass is 32.1. The summed E-state index contributed by atoms with van der Waals surface area (Å²) in [4.78, 5) is 19.9. The van der Waals surface area contributed by atoms with E-state index in [1.807, 2.05) is 36.5 Å². The van der Waals surface area contributed by atoms with Crippen molar-refractivity contribution in [2.24, 2.45) is 0 Å². The number of para-hydroxylation sites is 2. The molecule has 126 valence electrons. The van der Waals surface area contributed by atoms with Gasteiger partial charge in [-0.05, 0) is 30.2 Å². The minimum absolute atomic E-state index is 0.0825. The molecule has 0 spiro atoms. The molecular formula is C20H19N3OS. The number of amides is 1. The van der Waals surface area contributed by atoms with Crippen LogP contribution in [0, 0.1) is 0 Å². The Labute approximate surface area is 149 Å². The lowest BCUT2D eigenvalue weighted by Gasteiger charge is -2.04. The molecule has 5 heteroatoms. The number of nitrogens with zero attached hydrogens (tertiary/aromatic N) is 1. The summed E-state index contributed by atoms with van der Waals surface area (Å²) in [6.45, 7) is 0.653. The highest BCUT2D eigenvalue weighted by molar-refractivity contribution is 7.18. The van der Waals surface area contributed by atoms with Gasteiger partial charge in [0.25, 0.3) is 0 Å². The van der Waals surface area contributed by atoms with Gasteiger partial charge in [0.05, 0.1) is 15.2 Å². The number of hydrogen-bond acceptors (Lipinski definition) is 3. The molecule has 2 aromatic heterocycles. The molecule has 2 N–H and O–H groups in total. The lowest BCUT2D eigenvalue weighted by Crippen LogP contribution is -2.25. The maximum Gasteiger partial charge on any atom is 0.220 e. The third kappa shape index (κ3) is 3.56. The predicted octanol–water partition coefficient (Wildman–Crippen LogP) is 4.07. The van der Waals surface area contributed by atoms with E-state index in [1.54, 1.807) is 11.3 Å². The summed E-state index contributed by atoms with van der Waals surface area (Å²) in [6.07, 6.45) is 4.03. The zero-order valence-corrected chi connectivity index (χ0v) is 14.6. The molecule has 0 fully saturated rings. The van der Waals surface area contributed by atoms with Crippen LogP contribution in [0.4, 0.5) is 0 Å². The summed E-state index contributed by atoms with van der Waals surface area (Å²) < 4.78 is 1.18. The van der Waals surface area contributed by atoms with E-state index in [1.165, 1.54) is 15.6 Å². The van der Waals surface area contributed by atoms with Gasteiger partial charge in [-0.15, -0.1) is 11.3 Å². The first-order valence-corrected chi connectivity index (χ1v) is 9.27. The molecule has 4 rings (SSSR count). The fraction of sp³-hybridized carbons (Fsp3) is 0.200. The molecule has 0 unspecified atom stereocenters. The average Bonchev–Trinajstić information content (AvgIpc) is 3.24. The number of hydrogen-bond donors (Lipinski definition) is 2. The molecule has 0 aliphatic rings. The molecular weight excluding hydrogens is 330 g/mol. The van der Waals surface area contributed by atoms with Gasteiger partial charge in [-0.3, -0.25) is 4.79 Å². The minimum Gasteiger partial charge on any atom is -0.361 e. The van der Waals surface area contributed by atoms with Crippen molar-refractivity contribution >= 4 is 38.4 Å². The number of nitrogens with one attached hydrogen (secondary N) is 2. The molecule has 0 aliphatic carbocycles. The van der Waals surface area contributed by atoms with E-state index in [4.69, 9.17) is 0 Å². The monoisotopic (exact) mass is 349 g/mol. The molecule has 0 bridgehead atoms. The quantitative estimate of drug-likeness (QED) is 0.551. The number of carbonyl (C=O) groups excluding carboxylic acids is 1. The predicted molar refractivity (Wildman–Crippen MR) is 103 cm³/mol. The zero-order valence-electron chi connectivity index (χ0n) is 13.8. The number of aromatic amines is 1. The lowest BCUT2D eigenvalue weighted by molar-refractivity contribution is -0.121. The Balaban J connectivity index is 1.27. The van der Waals surface area contributed by atoms with Crippen molar-refractivity contribution in [3.63, 3.8) is 0 Å². The van der Waals surface area contributed by atoms with E-state index in [2.05, 4.69) is 33.5 Å². The van der Waals surface area contributed by atoms with E-state index in [-0.39, 0.29) is 5.91 Å². The van der Waals surface area contributed by atoms with Crippen LogP contribution < -0.4 is 5.32 Å². The molecule has 4 aromatic rings. The average molecular weight is 349 g/mol. The van der Waals surface area contributed by atoms with Crippen LogP contribution in [0.15, 0.2) is 54.7 Å². The van der Waals surface area contributed by atoms with Crippen LogP contribution in [0.3, 0.4) is 0 Å². The van der Waals surface area contributed by atoms with Crippen LogP contribution in [-0.4, -0.2) is 22.4 Å². The summed E-state index contributed by atoms with van der Waals surface area (Å²) in [7, 11) is 0. The highest BCUT2D eigenvalue weighted by Crippen LogP contribution is 2.22. The van der Waals surface area contributed by atoms with Crippen LogP contribution in [0.1, 0.15) is 17.0 Å². The molecule has 2 aromatic carbocycles. The van der Waals surface area contributed by atoms with E-state index in [0.29, 0.717) is 19.4 Å². The molecule has 2 heterocycles. The van der Waals surface area contributed by atoms with Crippen molar-refractivity contribution < 1.29 is 4.79 Å². The molecule has 0 atom stereocenters. The first-order valence-electron chi connectivity index (χ1n) is 8.46. The Morgan fingerprint density at radius 2 is 1.92 bits per heavy atom. The normalized spacial score (nSPS) is 11.2. The molecule has 0 saturated heterocycles. The zero-order chi connectivity index (χ0) is 17.1. The van der Waals surface area contributed by atoms with E-state index in [0.717, 1.165) is 22.5 Å². The lowest BCUT2D eigenvalue weighted by atomic mass is 10.1. The van der Waals surface area contributed by atoms with Gasteiger partial charge in [-0.25, -0.2) is 4.98 Å². The number of fused-ring (bicyclic) bond motifs is 2. The first kappa shape index (κ1) is 15.8. The highest BCUT2D eigenvalue weighted by Gasteiger charge is 2.08. The maximum atomic E-state index is 12.1. The van der Waals surface area contributed by atoms with Crippen molar-refractivity contribution in [1.29, 1.82) is 0 Å². The van der Waals surface area contributed by atoms with Gasteiger partial charge in [0.2, 0.25) is 5.91 Å². The van der Waals surface area contributed by atoms with Gasteiger partial charge in [-0.1, -0.05) is 30.3 Å². The summed E-state index contributed by atoms with van der Waals surface area (Å²) in [5.74, 6) is 0.0825. The number of benzene rings is 2. The Morgan fingerprint density at radius 3 is 2.84 bits per heavy atom. The van der Waals surface area contributed by atoms with Crippen molar-refractivity contribution in [3.05, 3.63) is 65.3 Å². The summed E-state index contributed by atoms with van der Waals surface area (Å²) in [5, 5.41) is 5.26. The Morgan fingerprint density at radius 1 is 1.08 bits per heavy atom. The maximum absolute atomic E-state index is 12.1. The molecule has 1 amide bonds. The smallest absolute Gasteiger partial charge is 0.220 e. The SMILES string of the molecule is O=C(CCc1nc2ccccc2s1)NCCc1c[nH]c2ccccc12. The van der Waals surface area contributed by atoms with Gasteiger partial charge in [-0.2, -0.15) is 0 Å². The number of aryl methyl sites for hydroxylation is 1. The standard InChI is InChI=1S/C20H19N3OS/c24-19(9-10-20-23-17-7-3-4-8-18(17)25-20)21-12-11-14-13-22-16-6-2-1-5-15(14)16/h1-8,13,22H,9-12H2,(H,21,24). The van der Waals surface area contributed by atoms with E-state index in [9.17, 15) is 4.79 Å². The fourth-order valence-electron chi connectivity index (χ4n) is 3.01. The van der Waals surface area contributed by atoms with Gasteiger partial charge in [0.1, 0.15) is 0 Å². The van der Waals surface area contributed by atoms with Crippen LogP contribution in [0.2, 0.25) is 0 Å². The van der Waals surface area contributed by atoms with Gasteiger partial charge in [0.15, 0.2) is 0 Å². The van der Waals surface area contributed by atoms with Crippen LogP contribution in [-0.2, 0) is 17.6 Å². The van der Waals surface area contributed by atoms with Crippen molar-refractivity contribution in [2.45, 2.75) is 19.3 Å². The third-order valence-electron chi connectivity index (χ3n) is 4.30. The first-order chi connectivity index (χ1) is 12.3. The second kappa shape index (κ2) is 7.07. The van der Waals surface area contributed by atoms with E-state index >= 15 is 0 Å². The number of carbonyl (C=O) groups is 1. The number of H-pyrrole nitrogens is 1. The summed E-state index contributed by atoms with van der Waals surface area (Å²) in [6, 6.07) is 16.3. The molecule has 25 heavy (non-hydrogen) atoms. The molecule has 0 radical (unpaired) electrons. The van der Waals surface area contributed by atoms with Crippen LogP contribution in [0.25, 0.3) is 21.1 Å². The van der Waals surface area contributed by atoms with Gasteiger partial charge >= 0.3 is 0 Å². The second-order valence-corrected chi connectivity index (χ2v) is 7.15.